The van der Waals surface area contributed by atoms with Crippen molar-refractivity contribution in [2.45, 2.75) is 12.1 Å². The van der Waals surface area contributed by atoms with Crippen molar-refractivity contribution >= 4 is 52.8 Å². The van der Waals surface area contributed by atoms with E-state index in [1.807, 2.05) is 30.3 Å². The van der Waals surface area contributed by atoms with Gasteiger partial charge in [-0.05, 0) is 48.5 Å². The summed E-state index contributed by atoms with van der Waals surface area (Å²) >= 11 is 18.3. The Kier molecular flexibility index (Phi) is 6.28. The highest BCUT2D eigenvalue weighted by Crippen LogP contribution is 2.27. The van der Waals surface area contributed by atoms with E-state index in [1.165, 1.54) is 0 Å². The van der Waals surface area contributed by atoms with Gasteiger partial charge < -0.3 is 5.32 Å². The summed E-state index contributed by atoms with van der Waals surface area (Å²) < 4.78 is 1.65. The lowest BCUT2D eigenvalue weighted by molar-refractivity contribution is -0.596. The van der Waals surface area contributed by atoms with Crippen LogP contribution in [0.25, 0.3) is 0 Å². The highest BCUT2D eigenvalue weighted by Gasteiger charge is 2.47. The molecular formula is C23H17Cl3N3O2+. The summed E-state index contributed by atoms with van der Waals surface area (Å²) in [7, 11) is 0. The van der Waals surface area contributed by atoms with E-state index in [4.69, 9.17) is 34.8 Å². The number of carbonyl (C=O) groups is 2. The molecule has 4 rings (SSSR count). The first-order chi connectivity index (χ1) is 14.9. The molecule has 8 heteroatoms. The maximum Gasteiger partial charge on any atom is 0.304 e. The molecule has 1 aliphatic rings. The topological polar surface area (TPSA) is 61.2 Å². The van der Waals surface area contributed by atoms with Crippen LogP contribution in [0.2, 0.25) is 15.1 Å². The van der Waals surface area contributed by atoms with Gasteiger partial charge in [0.2, 0.25) is 12.3 Å². The molecule has 2 amide bonds. The van der Waals surface area contributed by atoms with E-state index in [0.717, 1.165) is 11.1 Å². The van der Waals surface area contributed by atoms with E-state index in [0.29, 0.717) is 20.6 Å². The van der Waals surface area contributed by atoms with Gasteiger partial charge in [0.1, 0.15) is 0 Å². The van der Waals surface area contributed by atoms with Crippen LogP contribution in [0.4, 0.5) is 0 Å². The van der Waals surface area contributed by atoms with Crippen molar-refractivity contribution in [1.29, 1.82) is 0 Å². The van der Waals surface area contributed by atoms with Crippen LogP contribution in [-0.4, -0.2) is 28.8 Å². The van der Waals surface area contributed by atoms with Crippen LogP contribution in [0, 0.1) is 0 Å². The van der Waals surface area contributed by atoms with Gasteiger partial charge in [0.25, 0.3) is 5.91 Å². The maximum absolute atomic E-state index is 12.9. The molecule has 31 heavy (non-hydrogen) atoms. The summed E-state index contributed by atoms with van der Waals surface area (Å²) in [6.45, 7) is 0. The first-order valence-electron chi connectivity index (χ1n) is 9.42. The zero-order valence-corrected chi connectivity index (χ0v) is 18.3. The highest BCUT2D eigenvalue weighted by atomic mass is 35.5. The Morgan fingerprint density at radius 1 is 0.903 bits per heavy atom. The van der Waals surface area contributed by atoms with Crippen molar-refractivity contribution in [3.8, 4) is 0 Å². The first-order valence-corrected chi connectivity index (χ1v) is 10.6. The molecule has 0 unspecified atom stereocenters. The second-order valence-electron chi connectivity index (χ2n) is 6.99. The van der Waals surface area contributed by atoms with Crippen LogP contribution >= 0.6 is 34.8 Å². The maximum atomic E-state index is 12.9. The smallest absolute Gasteiger partial charge is 0.304 e. The van der Waals surface area contributed by atoms with Crippen molar-refractivity contribution in [3.05, 3.63) is 105 Å². The van der Waals surface area contributed by atoms with Gasteiger partial charge in [-0.1, -0.05) is 59.1 Å². The van der Waals surface area contributed by atoms with Crippen molar-refractivity contribution in [2.75, 3.05) is 0 Å². The van der Waals surface area contributed by atoms with Gasteiger partial charge >= 0.3 is 5.91 Å². The fraction of sp³-hybridized carbons (Fsp3) is 0.0870. The van der Waals surface area contributed by atoms with E-state index in [-0.39, 0.29) is 11.8 Å². The monoisotopic (exact) mass is 472 g/mol. The number of carbonyl (C=O) groups excluding carboxylic acids is 2. The summed E-state index contributed by atoms with van der Waals surface area (Å²) in [5.74, 6) is -0.721. The molecule has 2 atom stereocenters. The molecule has 0 radical (unpaired) electrons. The van der Waals surface area contributed by atoms with Crippen LogP contribution < -0.4 is 10.7 Å². The quantitative estimate of drug-likeness (QED) is 0.541. The highest BCUT2D eigenvalue weighted by molar-refractivity contribution is 6.33. The molecule has 0 bridgehead atoms. The Morgan fingerprint density at radius 2 is 1.52 bits per heavy atom. The normalized spacial score (nSPS) is 19.3. The van der Waals surface area contributed by atoms with Gasteiger partial charge in [-0.25, -0.2) is 0 Å². The van der Waals surface area contributed by atoms with Gasteiger partial charge in [-0.3, -0.25) is 9.59 Å². The zero-order chi connectivity index (χ0) is 22.0. The van der Waals surface area contributed by atoms with Crippen LogP contribution in [-0.2, 0) is 4.79 Å². The second kappa shape index (κ2) is 9.10. The molecule has 0 aromatic heterocycles. The van der Waals surface area contributed by atoms with E-state index in [2.05, 4.69) is 10.7 Å². The molecule has 0 saturated carbocycles. The standard InChI is InChI=1S/C23H16Cl3N3O2/c24-17-9-5-14(6-10-17)21-20(27-22(30)15-7-11-18(25)12-8-15)23(31)28-29(21)13-16-3-1-2-4-19(16)26/h1-13,20-21H,(H-,27,28,30,31)/p+1/b29-13-/t20-,21-/m0/s1. The third kappa shape index (κ3) is 4.74. The predicted molar refractivity (Wildman–Crippen MR) is 122 cm³/mol. The number of nitrogens with zero attached hydrogens (tertiary/aromatic N) is 1. The van der Waals surface area contributed by atoms with Crippen molar-refractivity contribution in [1.82, 2.24) is 10.7 Å². The number of hydrazone groups is 1. The number of rotatable bonds is 4. The summed E-state index contributed by atoms with van der Waals surface area (Å²) in [6.07, 6.45) is 1.74. The number of hydrogen-bond acceptors (Lipinski definition) is 2. The predicted octanol–water partition coefficient (Wildman–Crippen LogP) is 4.66. The SMILES string of the molecule is O=C(N[C@@H]1C(=O)N/[N+](=C\c2ccccc2Cl)[C@H]1c1ccc(Cl)cc1)c1ccc(Cl)cc1. The fourth-order valence-corrected chi connectivity index (χ4v) is 3.83. The summed E-state index contributed by atoms with van der Waals surface area (Å²) in [4.78, 5) is 25.7. The number of hydrogen-bond donors (Lipinski definition) is 2. The van der Waals surface area contributed by atoms with E-state index < -0.39 is 12.1 Å². The molecule has 3 aromatic carbocycles. The van der Waals surface area contributed by atoms with E-state index >= 15 is 0 Å². The molecule has 0 aliphatic carbocycles. The average Bonchev–Trinajstić information content (AvgIpc) is 3.05. The lowest BCUT2D eigenvalue weighted by atomic mass is 10.00. The average molecular weight is 474 g/mol. The Bertz CT molecular complexity index is 1160. The van der Waals surface area contributed by atoms with Gasteiger partial charge in [-0.2, -0.15) is 0 Å². The lowest BCUT2D eigenvalue weighted by Crippen LogP contribution is -2.42. The molecule has 1 aliphatic heterocycles. The third-order valence-corrected chi connectivity index (χ3v) is 5.77. The van der Waals surface area contributed by atoms with Gasteiger partial charge in [0.05, 0.1) is 10.6 Å². The van der Waals surface area contributed by atoms with E-state index in [9.17, 15) is 9.59 Å². The number of halogens is 3. The molecule has 0 spiro atoms. The Labute approximate surface area is 194 Å². The van der Waals surface area contributed by atoms with Crippen LogP contribution in [0.1, 0.15) is 27.5 Å². The Balaban J connectivity index is 1.71. The number of benzene rings is 3. The second-order valence-corrected chi connectivity index (χ2v) is 8.27. The molecule has 1 saturated heterocycles. The minimum atomic E-state index is -0.844. The Hall–Kier alpha value is -2.86. The third-order valence-electron chi connectivity index (χ3n) is 4.93. The van der Waals surface area contributed by atoms with Gasteiger partial charge in [-0.15, -0.1) is 10.1 Å². The number of nitrogens with one attached hydrogen (secondary N) is 2. The molecule has 2 N–H and O–H groups in total. The van der Waals surface area contributed by atoms with Crippen molar-refractivity contribution < 1.29 is 14.3 Å². The van der Waals surface area contributed by atoms with Crippen molar-refractivity contribution in [3.63, 3.8) is 0 Å². The molecule has 5 nitrogen and oxygen atoms in total. The lowest BCUT2D eigenvalue weighted by Gasteiger charge is -2.15. The summed E-state index contributed by atoms with van der Waals surface area (Å²) in [5, 5.41) is 4.47. The summed E-state index contributed by atoms with van der Waals surface area (Å²) in [6, 6.07) is 19.5. The van der Waals surface area contributed by atoms with E-state index in [1.54, 1.807) is 53.4 Å². The van der Waals surface area contributed by atoms with Gasteiger partial charge in [0, 0.05) is 21.2 Å². The van der Waals surface area contributed by atoms with Crippen LogP contribution in [0.3, 0.4) is 0 Å². The zero-order valence-electron chi connectivity index (χ0n) is 16.1. The minimum absolute atomic E-state index is 0.342. The molecule has 3 aromatic rings. The van der Waals surface area contributed by atoms with Crippen molar-refractivity contribution in [2.24, 2.45) is 0 Å². The minimum Gasteiger partial charge on any atom is -0.334 e. The Morgan fingerprint density at radius 3 is 2.16 bits per heavy atom. The number of amides is 2. The fourth-order valence-electron chi connectivity index (χ4n) is 3.40. The first kappa shape index (κ1) is 21.4. The van der Waals surface area contributed by atoms with Crippen LogP contribution in [0.5, 0.6) is 0 Å². The molecule has 156 valence electrons. The molecular weight excluding hydrogens is 457 g/mol. The molecule has 1 heterocycles. The largest absolute Gasteiger partial charge is 0.334 e. The summed E-state index contributed by atoms with van der Waals surface area (Å²) in [5.41, 5.74) is 4.75. The number of hydrazine groups is 1. The molecule has 1 fully saturated rings. The van der Waals surface area contributed by atoms with Crippen LogP contribution in [0.15, 0.2) is 72.8 Å². The van der Waals surface area contributed by atoms with Gasteiger partial charge in [0.15, 0.2) is 6.04 Å².